The zero-order chi connectivity index (χ0) is 13.0. The van der Waals surface area contributed by atoms with Crippen LogP contribution in [0.15, 0.2) is 18.2 Å². The van der Waals surface area contributed by atoms with Gasteiger partial charge >= 0.3 is 0 Å². The Balaban J connectivity index is 2.03. The third kappa shape index (κ3) is 3.46. The highest BCUT2D eigenvalue weighted by atomic mass is 35.5. The van der Waals surface area contributed by atoms with E-state index in [0.29, 0.717) is 5.92 Å². The maximum Gasteiger partial charge on any atom is 0.142 e. The van der Waals surface area contributed by atoms with Crippen LogP contribution < -0.4 is 5.32 Å². The first-order valence-corrected chi connectivity index (χ1v) is 7.17. The quantitative estimate of drug-likeness (QED) is 0.870. The molecule has 18 heavy (non-hydrogen) atoms. The van der Waals surface area contributed by atoms with E-state index >= 15 is 0 Å². The minimum absolute atomic E-state index is 0.217. The lowest BCUT2D eigenvalue weighted by Gasteiger charge is -2.31. The summed E-state index contributed by atoms with van der Waals surface area (Å²) in [5, 5.41) is 3.50. The topological polar surface area (TPSA) is 12.0 Å². The van der Waals surface area contributed by atoms with Gasteiger partial charge in [-0.2, -0.15) is 0 Å². The molecule has 1 nitrogen and oxygen atoms in total. The van der Waals surface area contributed by atoms with Crippen LogP contribution in [0.1, 0.15) is 31.2 Å². The van der Waals surface area contributed by atoms with Gasteiger partial charge in [-0.15, -0.1) is 0 Å². The SMILES string of the molecule is CNCC1CCCCC1Cc1ccc(Cl)c(F)c1. The van der Waals surface area contributed by atoms with E-state index in [1.807, 2.05) is 13.1 Å². The zero-order valence-corrected chi connectivity index (χ0v) is 11.6. The Hall–Kier alpha value is -0.600. The average Bonchev–Trinajstić information content (AvgIpc) is 2.37. The second kappa shape index (κ2) is 6.53. The number of benzene rings is 1. The summed E-state index contributed by atoms with van der Waals surface area (Å²) in [6.07, 6.45) is 6.16. The fraction of sp³-hybridized carbons (Fsp3) is 0.600. The highest BCUT2D eigenvalue weighted by Gasteiger charge is 2.24. The molecule has 0 spiro atoms. The summed E-state index contributed by atoms with van der Waals surface area (Å²) in [5.41, 5.74) is 1.07. The Morgan fingerprint density at radius 1 is 1.28 bits per heavy atom. The monoisotopic (exact) mass is 269 g/mol. The van der Waals surface area contributed by atoms with Crippen molar-refractivity contribution in [1.29, 1.82) is 0 Å². The molecule has 2 unspecified atom stereocenters. The minimum atomic E-state index is -0.296. The van der Waals surface area contributed by atoms with Crippen LogP contribution in [0.3, 0.4) is 0 Å². The first kappa shape index (κ1) is 13.8. The van der Waals surface area contributed by atoms with Crippen molar-refractivity contribution in [3.8, 4) is 0 Å². The van der Waals surface area contributed by atoms with E-state index in [1.165, 1.54) is 25.7 Å². The fourth-order valence-electron chi connectivity index (χ4n) is 3.05. The van der Waals surface area contributed by atoms with Crippen LogP contribution in [0.2, 0.25) is 5.02 Å². The van der Waals surface area contributed by atoms with Crippen LogP contribution >= 0.6 is 11.6 Å². The molecule has 1 fully saturated rings. The van der Waals surface area contributed by atoms with Gasteiger partial charge in [0.2, 0.25) is 0 Å². The normalized spacial score (nSPS) is 24.2. The predicted molar refractivity (Wildman–Crippen MR) is 74.5 cm³/mol. The van der Waals surface area contributed by atoms with Crippen molar-refractivity contribution in [3.63, 3.8) is 0 Å². The molecule has 100 valence electrons. The summed E-state index contributed by atoms with van der Waals surface area (Å²) in [5.74, 6) is 1.10. The van der Waals surface area contributed by atoms with E-state index in [9.17, 15) is 4.39 Å². The van der Waals surface area contributed by atoms with Crippen molar-refractivity contribution in [3.05, 3.63) is 34.6 Å². The summed E-state index contributed by atoms with van der Waals surface area (Å²) in [7, 11) is 2.01. The fourth-order valence-corrected chi connectivity index (χ4v) is 3.17. The Kier molecular flexibility index (Phi) is 5.02. The molecule has 1 aliphatic carbocycles. The number of nitrogens with one attached hydrogen (secondary N) is 1. The molecule has 1 aliphatic rings. The second-order valence-corrected chi connectivity index (χ2v) is 5.72. The molecule has 1 saturated carbocycles. The van der Waals surface area contributed by atoms with Gasteiger partial charge in [0.1, 0.15) is 5.82 Å². The molecular formula is C15H21ClFN. The maximum absolute atomic E-state index is 13.4. The predicted octanol–water partition coefficient (Wildman–Crippen LogP) is 4.05. The van der Waals surface area contributed by atoms with Crippen molar-refractivity contribution < 1.29 is 4.39 Å². The molecule has 0 saturated heterocycles. The third-order valence-corrected chi connectivity index (χ3v) is 4.32. The summed E-state index contributed by atoms with van der Waals surface area (Å²) in [6.45, 7) is 1.07. The van der Waals surface area contributed by atoms with E-state index in [1.54, 1.807) is 12.1 Å². The molecule has 1 N–H and O–H groups in total. The highest BCUT2D eigenvalue weighted by Crippen LogP contribution is 2.32. The van der Waals surface area contributed by atoms with Crippen molar-refractivity contribution in [2.75, 3.05) is 13.6 Å². The van der Waals surface area contributed by atoms with Crippen LogP contribution in [-0.4, -0.2) is 13.6 Å². The van der Waals surface area contributed by atoms with Crippen LogP contribution in [0.4, 0.5) is 4.39 Å². The molecule has 1 aromatic carbocycles. The molecule has 0 aliphatic heterocycles. The summed E-state index contributed by atoms with van der Waals surface area (Å²) in [4.78, 5) is 0. The van der Waals surface area contributed by atoms with Gasteiger partial charge in [-0.3, -0.25) is 0 Å². The van der Waals surface area contributed by atoms with E-state index in [2.05, 4.69) is 5.32 Å². The zero-order valence-electron chi connectivity index (χ0n) is 10.9. The molecule has 0 heterocycles. The van der Waals surface area contributed by atoms with Crippen molar-refractivity contribution in [2.24, 2.45) is 11.8 Å². The average molecular weight is 270 g/mol. The van der Waals surface area contributed by atoms with E-state index in [-0.39, 0.29) is 10.8 Å². The number of hydrogen-bond acceptors (Lipinski definition) is 1. The Morgan fingerprint density at radius 2 is 2.00 bits per heavy atom. The van der Waals surface area contributed by atoms with E-state index in [4.69, 9.17) is 11.6 Å². The standard InChI is InChI=1S/C15H21ClFN/c1-18-10-13-5-3-2-4-12(13)8-11-6-7-14(16)15(17)9-11/h6-7,9,12-13,18H,2-5,8,10H2,1H3. The molecule has 0 bridgehead atoms. The van der Waals surface area contributed by atoms with Crippen LogP contribution in [0, 0.1) is 17.7 Å². The van der Waals surface area contributed by atoms with Gasteiger partial charge in [-0.1, -0.05) is 30.5 Å². The van der Waals surface area contributed by atoms with Gasteiger partial charge in [-0.25, -0.2) is 4.39 Å². The molecule has 2 rings (SSSR count). The van der Waals surface area contributed by atoms with E-state index < -0.39 is 0 Å². The lowest BCUT2D eigenvalue weighted by Crippen LogP contribution is -2.30. The van der Waals surface area contributed by atoms with Gasteiger partial charge < -0.3 is 5.32 Å². The summed E-state index contributed by atoms with van der Waals surface area (Å²) in [6, 6.07) is 5.21. The Morgan fingerprint density at radius 3 is 2.67 bits per heavy atom. The van der Waals surface area contributed by atoms with Crippen LogP contribution in [0.25, 0.3) is 0 Å². The van der Waals surface area contributed by atoms with Gasteiger partial charge in [0, 0.05) is 0 Å². The van der Waals surface area contributed by atoms with Gasteiger partial charge in [0.25, 0.3) is 0 Å². The van der Waals surface area contributed by atoms with Crippen LogP contribution in [-0.2, 0) is 6.42 Å². The number of halogens is 2. The number of rotatable bonds is 4. The lowest BCUT2D eigenvalue weighted by atomic mass is 9.76. The molecule has 1 aromatic rings. The first-order chi connectivity index (χ1) is 8.70. The van der Waals surface area contributed by atoms with Crippen molar-refractivity contribution in [1.82, 2.24) is 5.32 Å². The molecule has 0 amide bonds. The molecule has 2 atom stereocenters. The smallest absolute Gasteiger partial charge is 0.142 e. The summed E-state index contributed by atoms with van der Waals surface area (Å²) < 4.78 is 13.4. The first-order valence-electron chi connectivity index (χ1n) is 6.79. The largest absolute Gasteiger partial charge is 0.319 e. The minimum Gasteiger partial charge on any atom is -0.319 e. The number of hydrogen-bond donors (Lipinski definition) is 1. The lowest BCUT2D eigenvalue weighted by molar-refractivity contribution is 0.232. The molecule has 3 heteroatoms. The Bertz CT molecular complexity index is 392. The van der Waals surface area contributed by atoms with Gasteiger partial charge in [0.15, 0.2) is 0 Å². The van der Waals surface area contributed by atoms with E-state index in [0.717, 1.165) is 24.4 Å². The molecule has 0 aromatic heterocycles. The maximum atomic E-state index is 13.4. The molecular weight excluding hydrogens is 249 g/mol. The Labute approximate surface area is 114 Å². The highest BCUT2D eigenvalue weighted by molar-refractivity contribution is 6.30. The molecule has 0 radical (unpaired) electrons. The van der Waals surface area contributed by atoms with Gasteiger partial charge in [-0.05, 0) is 62.4 Å². The van der Waals surface area contributed by atoms with Crippen LogP contribution in [0.5, 0.6) is 0 Å². The summed E-state index contributed by atoms with van der Waals surface area (Å²) >= 11 is 5.72. The van der Waals surface area contributed by atoms with Crippen molar-refractivity contribution in [2.45, 2.75) is 32.1 Å². The van der Waals surface area contributed by atoms with Gasteiger partial charge in [0.05, 0.1) is 5.02 Å². The van der Waals surface area contributed by atoms with Crippen molar-refractivity contribution >= 4 is 11.6 Å². The second-order valence-electron chi connectivity index (χ2n) is 5.31. The third-order valence-electron chi connectivity index (χ3n) is 4.01.